The van der Waals surface area contributed by atoms with Crippen molar-refractivity contribution in [2.75, 3.05) is 18.8 Å². The van der Waals surface area contributed by atoms with Gasteiger partial charge < -0.3 is 0 Å². The number of sulfone groups is 1. The lowest BCUT2D eigenvalue weighted by atomic mass is 10.1. The molecule has 0 radical (unpaired) electrons. The molecule has 6 heteroatoms. The fourth-order valence-corrected chi connectivity index (χ4v) is 4.81. The van der Waals surface area contributed by atoms with Crippen LogP contribution >= 0.6 is 22.9 Å². The van der Waals surface area contributed by atoms with Crippen molar-refractivity contribution < 1.29 is 8.42 Å². The molecule has 112 valence electrons. The second-order valence-corrected chi connectivity index (χ2v) is 8.71. The molecule has 3 nitrogen and oxygen atoms in total. The number of benzene rings is 1. The van der Waals surface area contributed by atoms with Gasteiger partial charge in [0.2, 0.25) is 0 Å². The molecule has 0 fully saturated rings. The lowest BCUT2D eigenvalue weighted by Gasteiger charge is -2.26. The fourth-order valence-electron chi connectivity index (χ4n) is 2.51. The van der Waals surface area contributed by atoms with Gasteiger partial charge in [-0.3, -0.25) is 4.90 Å². The van der Waals surface area contributed by atoms with E-state index in [1.807, 2.05) is 0 Å². The molecule has 0 spiro atoms. The first-order valence-corrected chi connectivity index (χ1v) is 9.71. The molecule has 0 atom stereocenters. The van der Waals surface area contributed by atoms with Crippen molar-refractivity contribution in [1.29, 1.82) is 0 Å². The Morgan fingerprint density at radius 1 is 1.19 bits per heavy atom. The highest BCUT2D eigenvalue weighted by Gasteiger charge is 2.20. The van der Waals surface area contributed by atoms with Gasteiger partial charge in [-0.2, -0.15) is 0 Å². The van der Waals surface area contributed by atoms with Gasteiger partial charge in [-0.25, -0.2) is 8.42 Å². The van der Waals surface area contributed by atoms with Gasteiger partial charge in [0.1, 0.15) is 0 Å². The molecule has 1 aliphatic rings. The average Bonchev–Trinajstić information content (AvgIpc) is 2.93. The Bertz CT molecular complexity index is 722. The van der Waals surface area contributed by atoms with Crippen molar-refractivity contribution in [2.45, 2.75) is 17.9 Å². The molecule has 0 saturated carbocycles. The fraction of sp³-hybridized carbons (Fsp3) is 0.333. The van der Waals surface area contributed by atoms with Crippen LogP contribution in [0.15, 0.2) is 40.6 Å². The second-order valence-electron chi connectivity index (χ2n) is 5.17. The van der Waals surface area contributed by atoms with Gasteiger partial charge in [0.25, 0.3) is 0 Å². The van der Waals surface area contributed by atoms with E-state index in [-0.39, 0.29) is 5.75 Å². The minimum atomic E-state index is -3.24. The van der Waals surface area contributed by atoms with Crippen molar-refractivity contribution in [3.63, 3.8) is 0 Å². The first-order chi connectivity index (χ1) is 10.0. The molecule has 0 unspecified atom stereocenters. The maximum absolute atomic E-state index is 12.3. The molecule has 2 heterocycles. The summed E-state index contributed by atoms with van der Waals surface area (Å²) in [5.41, 5.74) is 1.34. The Morgan fingerprint density at radius 3 is 2.71 bits per heavy atom. The molecule has 1 aromatic carbocycles. The van der Waals surface area contributed by atoms with E-state index >= 15 is 0 Å². The third-order valence-electron chi connectivity index (χ3n) is 3.74. The van der Waals surface area contributed by atoms with Crippen LogP contribution in [0.25, 0.3) is 0 Å². The van der Waals surface area contributed by atoms with Gasteiger partial charge in [0, 0.05) is 29.5 Å². The van der Waals surface area contributed by atoms with Gasteiger partial charge >= 0.3 is 0 Å². The molecule has 0 amide bonds. The van der Waals surface area contributed by atoms with E-state index in [0.29, 0.717) is 16.5 Å². The van der Waals surface area contributed by atoms with Crippen molar-refractivity contribution in [1.82, 2.24) is 4.90 Å². The number of rotatable bonds is 4. The quantitative estimate of drug-likeness (QED) is 0.856. The Balaban J connectivity index is 1.64. The maximum atomic E-state index is 12.3. The first-order valence-electron chi connectivity index (χ1n) is 6.80. The summed E-state index contributed by atoms with van der Waals surface area (Å²) >= 11 is 7.59. The van der Waals surface area contributed by atoms with Crippen LogP contribution in [0.1, 0.15) is 10.4 Å². The summed E-state index contributed by atoms with van der Waals surface area (Å²) in [6.07, 6.45) is 1.02. The Labute approximate surface area is 134 Å². The van der Waals surface area contributed by atoms with Crippen molar-refractivity contribution >= 4 is 32.8 Å². The number of hydrogen-bond donors (Lipinski definition) is 0. The van der Waals surface area contributed by atoms with E-state index in [4.69, 9.17) is 11.6 Å². The first kappa shape index (κ1) is 15.0. The Kier molecular flexibility index (Phi) is 4.36. The number of halogens is 1. The summed E-state index contributed by atoms with van der Waals surface area (Å²) in [5, 5.41) is 2.66. The Hall–Kier alpha value is -0.880. The zero-order valence-corrected chi connectivity index (χ0v) is 13.8. The van der Waals surface area contributed by atoms with Gasteiger partial charge in [-0.05, 0) is 47.7 Å². The van der Waals surface area contributed by atoms with Gasteiger partial charge in [0.05, 0.1) is 10.6 Å². The van der Waals surface area contributed by atoms with Crippen LogP contribution in [0.2, 0.25) is 5.02 Å². The normalized spacial score (nSPS) is 15.9. The summed E-state index contributed by atoms with van der Waals surface area (Å²) in [5.74, 6) is 0.147. The van der Waals surface area contributed by atoms with Crippen LogP contribution in [0.3, 0.4) is 0 Å². The molecule has 1 aliphatic heterocycles. The third kappa shape index (κ3) is 3.48. The van der Waals surface area contributed by atoms with E-state index in [9.17, 15) is 8.42 Å². The summed E-state index contributed by atoms with van der Waals surface area (Å²) in [6, 6.07) is 8.52. The van der Waals surface area contributed by atoms with Crippen LogP contribution in [0.5, 0.6) is 0 Å². The molecular weight excluding hydrogens is 326 g/mol. The van der Waals surface area contributed by atoms with E-state index in [1.54, 1.807) is 35.6 Å². The summed E-state index contributed by atoms with van der Waals surface area (Å²) in [7, 11) is -3.24. The van der Waals surface area contributed by atoms with Crippen LogP contribution in [-0.2, 0) is 22.8 Å². The lowest BCUT2D eigenvalue weighted by molar-refractivity contribution is 0.271. The van der Waals surface area contributed by atoms with Crippen molar-refractivity contribution in [3.8, 4) is 0 Å². The number of fused-ring (bicyclic) bond motifs is 1. The second kappa shape index (κ2) is 6.08. The highest BCUT2D eigenvalue weighted by atomic mass is 35.5. The van der Waals surface area contributed by atoms with Crippen molar-refractivity contribution in [2.24, 2.45) is 0 Å². The van der Waals surface area contributed by atoms with Crippen LogP contribution < -0.4 is 0 Å². The van der Waals surface area contributed by atoms with Crippen molar-refractivity contribution in [3.05, 3.63) is 51.2 Å². The average molecular weight is 342 g/mol. The zero-order valence-electron chi connectivity index (χ0n) is 11.5. The smallest absolute Gasteiger partial charge is 0.179 e. The van der Waals surface area contributed by atoms with E-state index in [0.717, 1.165) is 19.5 Å². The minimum Gasteiger partial charge on any atom is -0.298 e. The predicted octanol–water partition coefficient (Wildman–Crippen LogP) is 3.23. The molecule has 0 bridgehead atoms. The molecule has 3 rings (SSSR count). The SMILES string of the molecule is O=S(=O)(CCN1CCc2sccc2C1)c1ccc(Cl)cc1. The number of thiophene rings is 1. The monoisotopic (exact) mass is 341 g/mol. The maximum Gasteiger partial charge on any atom is 0.179 e. The highest BCUT2D eigenvalue weighted by molar-refractivity contribution is 7.91. The highest BCUT2D eigenvalue weighted by Crippen LogP contribution is 2.24. The van der Waals surface area contributed by atoms with Crippen LogP contribution in [-0.4, -0.2) is 32.2 Å². The van der Waals surface area contributed by atoms with Gasteiger partial charge in [0.15, 0.2) is 9.84 Å². The molecule has 0 saturated heterocycles. The third-order valence-corrected chi connectivity index (χ3v) is 6.72. The largest absolute Gasteiger partial charge is 0.298 e. The molecule has 21 heavy (non-hydrogen) atoms. The minimum absolute atomic E-state index is 0.147. The van der Waals surface area contributed by atoms with E-state index in [1.165, 1.54) is 10.4 Å². The van der Waals surface area contributed by atoms with Crippen LogP contribution in [0.4, 0.5) is 0 Å². The van der Waals surface area contributed by atoms with Gasteiger partial charge in [-0.15, -0.1) is 11.3 Å². The predicted molar refractivity (Wildman–Crippen MR) is 86.8 cm³/mol. The summed E-state index contributed by atoms with van der Waals surface area (Å²) < 4.78 is 24.6. The standard InChI is InChI=1S/C15H16ClNO2S2/c16-13-1-3-14(4-2-13)21(18,19)10-8-17-7-5-15-12(11-17)6-9-20-15/h1-4,6,9H,5,7-8,10-11H2. The lowest BCUT2D eigenvalue weighted by Crippen LogP contribution is -2.33. The molecule has 1 aromatic heterocycles. The topological polar surface area (TPSA) is 37.4 Å². The summed E-state index contributed by atoms with van der Waals surface area (Å²) in [4.78, 5) is 4.00. The summed E-state index contributed by atoms with van der Waals surface area (Å²) in [6.45, 7) is 2.36. The molecule has 2 aromatic rings. The Morgan fingerprint density at radius 2 is 1.95 bits per heavy atom. The zero-order chi connectivity index (χ0) is 14.9. The molecule has 0 N–H and O–H groups in total. The molecular formula is C15H16ClNO2S2. The van der Waals surface area contributed by atoms with E-state index in [2.05, 4.69) is 16.3 Å². The molecule has 0 aliphatic carbocycles. The van der Waals surface area contributed by atoms with Crippen LogP contribution in [0, 0.1) is 0 Å². The van der Waals surface area contributed by atoms with E-state index < -0.39 is 9.84 Å². The number of hydrogen-bond acceptors (Lipinski definition) is 4. The number of nitrogens with zero attached hydrogens (tertiary/aromatic N) is 1. The van der Waals surface area contributed by atoms with Gasteiger partial charge in [-0.1, -0.05) is 11.6 Å².